The maximum Gasteiger partial charge on any atom is 0.123 e. The number of nitrogens with two attached hydrogens (primary N) is 2. The van der Waals surface area contributed by atoms with Crippen LogP contribution in [0.4, 0.5) is 5.82 Å². The topological polar surface area (TPSA) is 89.8 Å². The van der Waals surface area contributed by atoms with Crippen LogP contribution < -0.4 is 17.0 Å². The van der Waals surface area contributed by atoms with Gasteiger partial charge in [0.25, 0.3) is 0 Å². The average molecular weight is 257 g/mol. The fraction of sp³-hybridized carbons (Fsp3) is 0.286. The summed E-state index contributed by atoms with van der Waals surface area (Å²) < 4.78 is 0. The van der Waals surface area contributed by atoms with Crippen LogP contribution in [0.15, 0.2) is 30.5 Å². The molecule has 100 valence electrons. The quantitative estimate of drug-likeness (QED) is 0.569. The van der Waals surface area contributed by atoms with Gasteiger partial charge in [-0.1, -0.05) is 0 Å². The summed E-state index contributed by atoms with van der Waals surface area (Å²) in [6, 6.07) is 7.93. The lowest BCUT2D eigenvalue weighted by Gasteiger charge is -2.17. The molecule has 0 spiro atoms. The van der Waals surface area contributed by atoms with Crippen molar-refractivity contribution in [2.24, 2.45) is 5.84 Å². The fourth-order valence-electron chi connectivity index (χ4n) is 2.20. The molecule has 0 aliphatic heterocycles. The van der Waals surface area contributed by atoms with Crippen molar-refractivity contribution in [2.45, 2.75) is 26.3 Å². The second kappa shape index (κ2) is 5.77. The van der Waals surface area contributed by atoms with Crippen LogP contribution in [0.5, 0.6) is 0 Å². The van der Waals surface area contributed by atoms with E-state index < -0.39 is 0 Å². The average Bonchev–Trinajstić information content (AvgIpc) is 2.34. The van der Waals surface area contributed by atoms with E-state index in [0.717, 1.165) is 28.9 Å². The van der Waals surface area contributed by atoms with E-state index in [4.69, 9.17) is 11.6 Å². The van der Waals surface area contributed by atoms with Gasteiger partial charge in [0, 0.05) is 17.6 Å². The van der Waals surface area contributed by atoms with E-state index in [9.17, 15) is 0 Å². The van der Waals surface area contributed by atoms with Crippen molar-refractivity contribution in [3.63, 3.8) is 0 Å². The Morgan fingerprint density at radius 3 is 2.47 bits per heavy atom. The van der Waals surface area contributed by atoms with Crippen LogP contribution in [-0.4, -0.2) is 9.97 Å². The zero-order valence-corrected chi connectivity index (χ0v) is 11.2. The van der Waals surface area contributed by atoms with Crippen LogP contribution in [-0.2, 0) is 6.42 Å². The summed E-state index contributed by atoms with van der Waals surface area (Å²) in [6.45, 7) is 3.96. The summed E-state index contributed by atoms with van der Waals surface area (Å²) in [7, 11) is 0. The molecular formula is C14H19N5. The molecule has 5 nitrogen and oxygen atoms in total. The van der Waals surface area contributed by atoms with Gasteiger partial charge >= 0.3 is 0 Å². The van der Waals surface area contributed by atoms with Crippen molar-refractivity contribution in [1.29, 1.82) is 0 Å². The number of aromatic nitrogens is 2. The second-order valence-corrected chi connectivity index (χ2v) is 4.70. The van der Waals surface area contributed by atoms with Gasteiger partial charge in [-0.2, -0.15) is 0 Å². The normalized spacial score (nSPS) is 12.4. The van der Waals surface area contributed by atoms with Crippen LogP contribution in [0.3, 0.4) is 0 Å². The SMILES string of the molecule is Cc1cc(C(Cc2ccnc(N)c2)NN)cc(C)n1. The second-order valence-electron chi connectivity index (χ2n) is 4.70. The summed E-state index contributed by atoms with van der Waals surface area (Å²) in [5, 5.41) is 0. The molecular weight excluding hydrogens is 238 g/mol. The van der Waals surface area contributed by atoms with Gasteiger partial charge in [0.05, 0.1) is 6.04 Å². The van der Waals surface area contributed by atoms with Crippen molar-refractivity contribution in [2.75, 3.05) is 5.73 Å². The first-order chi connectivity index (χ1) is 9.08. The Labute approximate surface area is 113 Å². The van der Waals surface area contributed by atoms with E-state index in [2.05, 4.69) is 15.4 Å². The van der Waals surface area contributed by atoms with E-state index in [1.165, 1.54) is 0 Å². The number of rotatable bonds is 4. The molecule has 5 heteroatoms. The summed E-state index contributed by atoms with van der Waals surface area (Å²) in [5.41, 5.74) is 12.7. The van der Waals surface area contributed by atoms with Crippen LogP contribution in [0.1, 0.15) is 28.6 Å². The monoisotopic (exact) mass is 257 g/mol. The molecule has 0 fully saturated rings. The van der Waals surface area contributed by atoms with E-state index in [1.54, 1.807) is 6.20 Å². The smallest absolute Gasteiger partial charge is 0.123 e. The number of hydrazine groups is 1. The highest BCUT2D eigenvalue weighted by atomic mass is 15.2. The van der Waals surface area contributed by atoms with Crippen molar-refractivity contribution in [1.82, 2.24) is 15.4 Å². The number of aryl methyl sites for hydroxylation is 2. The predicted molar refractivity (Wildman–Crippen MR) is 76.1 cm³/mol. The molecule has 0 aromatic carbocycles. The number of anilines is 1. The summed E-state index contributed by atoms with van der Waals surface area (Å²) in [5.74, 6) is 6.20. The number of hydrogen-bond acceptors (Lipinski definition) is 5. The Morgan fingerprint density at radius 1 is 1.21 bits per heavy atom. The molecule has 2 rings (SSSR count). The molecule has 0 amide bonds. The highest BCUT2D eigenvalue weighted by molar-refractivity contribution is 5.33. The summed E-state index contributed by atoms with van der Waals surface area (Å²) >= 11 is 0. The lowest BCUT2D eigenvalue weighted by Crippen LogP contribution is -2.29. The van der Waals surface area contributed by atoms with E-state index >= 15 is 0 Å². The number of nitrogens with one attached hydrogen (secondary N) is 1. The zero-order chi connectivity index (χ0) is 13.8. The largest absolute Gasteiger partial charge is 0.384 e. The zero-order valence-electron chi connectivity index (χ0n) is 11.2. The fourth-order valence-corrected chi connectivity index (χ4v) is 2.20. The highest BCUT2D eigenvalue weighted by Crippen LogP contribution is 2.19. The maximum absolute atomic E-state index is 5.69. The molecule has 19 heavy (non-hydrogen) atoms. The Kier molecular flexibility index (Phi) is 4.09. The minimum atomic E-state index is 0.0298. The molecule has 2 aromatic heterocycles. The van der Waals surface area contributed by atoms with E-state index in [1.807, 2.05) is 38.1 Å². The molecule has 2 heterocycles. The number of pyridine rings is 2. The first-order valence-electron chi connectivity index (χ1n) is 6.20. The molecule has 1 atom stereocenters. The third-order valence-corrected chi connectivity index (χ3v) is 2.99. The van der Waals surface area contributed by atoms with Gasteiger partial charge in [0.15, 0.2) is 0 Å². The number of nitrogen functional groups attached to an aromatic ring is 1. The van der Waals surface area contributed by atoms with Gasteiger partial charge in [-0.3, -0.25) is 16.3 Å². The minimum Gasteiger partial charge on any atom is -0.384 e. The Hall–Kier alpha value is -1.98. The standard InChI is InChI=1S/C14H19N5/c1-9-5-12(6-10(2)18-9)13(19-16)7-11-3-4-17-14(15)8-11/h3-6,8,13,19H,7,16H2,1-2H3,(H2,15,17). The van der Waals surface area contributed by atoms with Gasteiger partial charge < -0.3 is 5.73 Å². The van der Waals surface area contributed by atoms with Crippen LogP contribution in [0, 0.1) is 13.8 Å². The first-order valence-corrected chi connectivity index (χ1v) is 6.20. The first kappa shape index (κ1) is 13.5. The number of hydrogen-bond donors (Lipinski definition) is 3. The van der Waals surface area contributed by atoms with Crippen molar-refractivity contribution < 1.29 is 0 Å². The highest BCUT2D eigenvalue weighted by Gasteiger charge is 2.12. The van der Waals surface area contributed by atoms with Gasteiger partial charge in [0.2, 0.25) is 0 Å². The van der Waals surface area contributed by atoms with Crippen molar-refractivity contribution in [3.05, 3.63) is 53.0 Å². The predicted octanol–water partition coefficient (Wildman–Crippen LogP) is 1.42. The van der Waals surface area contributed by atoms with E-state index in [0.29, 0.717) is 5.82 Å². The Bertz CT molecular complexity index is 547. The molecule has 1 unspecified atom stereocenters. The summed E-state index contributed by atoms with van der Waals surface area (Å²) in [6.07, 6.45) is 2.47. The molecule has 0 saturated carbocycles. The molecule has 0 aliphatic carbocycles. The Balaban J connectivity index is 2.24. The van der Waals surface area contributed by atoms with Crippen molar-refractivity contribution >= 4 is 5.82 Å². The molecule has 5 N–H and O–H groups in total. The van der Waals surface area contributed by atoms with Crippen LogP contribution >= 0.6 is 0 Å². The van der Waals surface area contributed by atoms with E-state index in [-0.39, 0.29) is 6.04 Å². The van der Waals surface area contributed by atoms with Crippen LogP contribution in [0.25, 0.3) is 0 Å². The van der Waals surface area contributed by atoms with Gasteiger partial charge in [-0.05, 0) is 55.7 Å². The molecule has 2 aromatic rings. The lowest BCUT2D eigenvalue weighted by atomic mass is 9.99. The Morgan fingerprint density at radius 2 is 1.89 bits per heavy atom. The van der Waals surface area contributed by atoms with Crippen LogP contribution in [0.2, 0.25) is 0 Å². The molecule has 0 aliphatic rings. The molecule has 0 saturated heterocycles. The van der Waals surface area contributed by atoms with Gasteiger partial charge in [0.1, 0.15) is 5.82 Å². The minimum absolute atomic E-state index is 0.0298. The third kappa shape index (κ3) is 3.49. The molecule has 0 bridgehead atoms. The number of nitrogens with zero attached hydrogens (tertiary/aromatic N) is 2. The van der Waals surface area contributed by atoms with Gasteiger partial charge in [-0.25, -0.2) is 4.98 Å². The van der Waals surface area contributed by atoms with Gasteiger partial charge in [-0.15, -0.1) is 0 Å². The lowest BCUT2D eigenvalue weighted by molar-refractivity contribution is 0.550. The molecule has 0 radical (unpaired) electrons. The van der Waals surface area contributed by atoms with Crippen molar-refractivity contribution in [3.8, 4) is 0 Å². The third-order valence-electron chi connectivity index (χ3n) is 2.99. The maximum atomic E-state index is 5.69. The summed E-state index contributed by atoms with van der Waals surface area (Å²) in [4.78, 5) is 8.36.